The van der Waals surface area contributed by atoms with E-state index in [-0.39, 0.29) is 11.5 Å². The molecule has 0 amide bonds. The zero-order valence-corrected chi connectivity index (χ0v) is 5.39. The summed E-state index contributed by atoms with van der Waals surface area (Å²) in [6.45, 7) is 1.82. The third kappa shape index (κ3) is 1.07. The molecule has 0 heterocycles. The molecule has 0 saturated heterocycles. The van der Waals surface area contributed by atoms with Crippen LogP contribution < -0.4 is 0 Å². The maximum absolute atomic E-state index is 9.01. The van der Waals surface area contributed by atoms with E-state index >= 15 is 0 Å². The van der Waals surface area contributed by atoms with Crippen molar-refractivity contribution < 1.29 is 10.2 Å². The highest BCUT2D eigenvalue weighted by Crippen LogP contribution is 2.20. The van der Waals surface area contributed by atoms with Crippen molar-refractivity contribution in [2.24, 2.45) is 0 Å². The van der Waals surface area contributed by atoms with Crippen LogP contribution in [0.3, 0.4) is 0 Å². The molecule has 1 rings (SSSR count). The van der Waals surface area contributed by atoms with Gasteiger partial charge in [-0.2, -0.15) is 0 Å². The molecule has 50 valence electrons. The van der Waals surface area contributed by atoms with Gasteiger partial charge in [0.1, 0.15) is 0 Å². The molecule has 1 aliphatic carbocycles. The predicted octanol–water partition coefficient (Wildman–Crippen LogP) is 2.05. The number of aliphatic hydroxyl groups is 2. The van der Waals surface area contributed by atoms with Crippen molar-refractivity contribution in [3.63, 3.8) is 0 Å². The van der Waals surface area contributed by atoms with E-state index in [1.807, 2.05) is 6.92 Å². The average Bonchev–Trinajstić information content (AvgIpc) is 1.83. The summed E-state index contributed by atoms with van der Waals surface area (Å²) in [6, 6.07) is 0. The molecule has 1 aliphatic rings. The molecule has 0 spiro atoms. The molecule has 0 bridgehead atoms. The van der Waals surface area contributed by atoms with Crippen LogP contribution in [-0.4, -0.2) is 10.2 Å². The van der Waals surface area contributed by atoms with E-state index in [9.17, 15) is 0 Å². The van der Waals surface area contributed by atoms with Gasteiger partial charge in [0.2, 0.25) is 0 Å². The van der Waals surface area contributed by atoms with Crippen LogP contribution in [-0.2, 0) is 0 Å². The summed E-state index contributed by atoms with van der Waals surface area (Å²) in [5.41, 5.74) is 0.870. The van der Waals surface area contributed by atoms with Crippen LogP contribution in [0.25, 0.3) is 0 Å². The lowest BCUT2D eigenvalue weighted by Gasteiger charge is -2.09. The van der Waals surface area contributed by atoms with Crippen LogP contribution >= 0.6 is 0 Å². The Labute approximate surface area is 54.1 Å². The molecular formula is C7H10O2. The Morgan fingerprint density at radius 1 is 1.44 bits per heavy atom. The lowest BCUT2D eigenvalue weighted by Crippen LogP contribution is -1.97. The Hall–Kier alpha value is -0.920. The van der Waals surface area contributed by atoms with Gasteiger partial charge in [-0.05, 0) is 31.4 Å². The topological polar surface area (TPSA) is 40.5 Å². The van der Waals surface area contributed by atoms with E-state index in [1.165, 1.54) is 0 Å². The van der Waals surface area contributed by atoms with E-state index in [0.717, 1.165) is 18.4 Å². The Balaban J connectivity index is 2.88. The average molecular weight is 126 g/mol. The van der Waals surface area contributed by atoms with E-state index in [1.54, 1.807) is 6.08 Å². The summed E-state index contributed by atoms with van der Waals surface area (Å²) in [6.07, 6.45) is 3.32. The van der Waals surface area contributed by atoms with Crippen LogP contribution in [0.15, 0.2) is 23.2 Å². The predicted molar refractivity (Wildman–Crippen MR) is 35.3 cm³/mol. The SMILES string of the molecule is CC1=C(O)C(O)=CCC1. The first-order valence-corrected chi connectivity index (χ1v) is 3.00. The summed E-state index contributed by atoms with van der Waals surface area (Å²) in [7, 11) is 0. The van der Waals surface area contributed by atoms with Crippen molar-refractivity contribution in [1.29, 1.82) is 0 Å². The van der Waals surface area contributed by atoms with Gasteiger partial charge in [0.05, 0.1) is 0 Å². The van der Waals surface area contributed by atoms with Crippen molar-refractivity contribution >= 4 is 0 Å². The van der Waals surface area contributed by atoms with Gasteiger partial charge < -0.3 is 10.2 Å². The van der Waals surface area contributed by atoms with E-state index in [4.69, 9.17) is 10.2 Å². The van der Waals surface area contributed by atoms with Crippen LogP contribution in [0.4, 0.5) is 0 Å². The minimum Gasteiger partial charge on any atom is -0.504 e. The Kier molecular flexibility index (Phi) is 1.47. The summed E-state index contributed by atoms with van der Waals surface area (Å²) in [4.78, 5) is 0. The molecule has 0 saturated carbocycles. The third-order valence-electron chi connectivity index (χ3n) is 1.50. The van der Waals surface area contributed by atoms with Gasteiger partial charge in [-0.3, -0.25) is 0 Å². The zero-order valence-electron chi connectivity index (χ0n) is 5.39. The highest BCUT2D eigenvalue weighted by atomic mass is 16.3. The van der Waals surface area contributed by atoms with Gasteiger partial charge >= 0.3 is 0 Å². The van der Waals surface area contributed by atoms with E-state index in [2.05, 4.69) is 0 Å². The summed E-state index contributed by atoms with van der Waals surface area (Å²) in [5, 5.41) is 17.9. The smallest absolute Gasteiger partial charge is 0.155 e. The molecule has 9 heavy (non-hydrogen) atoms. The number of hydrogen-bond acceptors (Lipinski definition) is 2. The number of rotatable bonds is 0. The second-order valence-electron chi connectivity index (χ2n) is 2.26. The lowest BCUT2D eigenvalue weighted by atomic mass is 10.0. The molecule has 2 nitrogen and oxygen atoms in total. The van der Waals surface area contributed by atoms with Crippen molar-refractivity contribution in [1.82, 2.24) is 0 Å². The molecule has 0 aromatic rings. The molecular weight excluding hydrogens is 116 g/mol. The highest BCUT2D eigenvalue weighted by Gasteiger charge is 2.08. The van der Waals surface area contributed by atoms with Crippen molar-refractivity contribution in [2.45, 2.75) is 19.8 Å². The maximum atomic E-state index is 9.01. The number of aliphatic hydroxyl groups excluding tert-OH is 2. The van der Waals surface area contributed by atoms with E-state index < -0.39 is 0 Å². The molecule has 0 radical (unpaired) electrons. The van der Waals surface area contributed by atoms with Crippen molar-refractivity contribution in [2.75, 3.05) is 0 Å². The van der Waals surface area contributed by atoms with Crippen molar-refractivity contribution in [3.05, 3.63) is 23.2 Å². The first kappa shape index (κ1) is 6.20. The van der Waals surface area contributed by atoms with Crippen molar-refractivity contribution in [3.8, 4) is 0 Å². The fourth-order valence-corrected chi connectivity index (χ4v) is 0.859. The van der Waals surface area contributed by atoms with Crippen LogP contribution in [0, 0.1) is 0 Å². The second-order valence-corrected chi connectivity index (χ2v) is 2.26. The van der Waals surface area contributed by atoms with E-state index in [0.29, 0.717) is 0 Å². The molecule has 0 unspecified atom stereocenters. The number of allylic oxidation sites excluding steroid dienone is 2. The van der Waals surface area contributed by atoms with Crippen LogP contribution in [0.2, 0.25) is 0 Å². The Bertz CT molecular complexity index is 177. The summed E-state index contributed by atoms with van der Waals surface area (Å²) in [5.74, 6) is 0.0833. The monoisotopic (exact) mass is 126 g/mol. The first-order chi connectivity index (χ1) is 4.22. The van der Waals surface area contributed by atoms with Crippen LogP contribution in [0.5, 0.6) is 0 Å². The van der Waals surface area contributed by atoms with Gasteiger partial charge in [-0.1, -0.05) is 0 Å². The Morgan fingerprint density at radius 3 is 2.56 bits per heavy atom. The molecule has 0 aromatic heterocycles. The largest absolute Gasteiger partial charge is 0.504 e. The lowest BCUT2D eigenvalue weighted by molar-refractivity contribution is 0.314. The second kappa shape index (κ2) is 2.13. The van der Waals surface area contributed by atoms with Gasteiger partial charge in [0, 0.05) is 0 Å². The molecule has 0 atom stereocenters. The molecule has 2 heteroatoms. The fourth-order valence-electron chi connectivity index (χ4n) is 0.859. The highest BCUT2D eigenvalue weighted by molar-refractivity contribution is 5.26. The third-order valence-corrected chi connectivity index (χ3v) is 1.50. The zero-order chi connectivity index (χ0) is 6.85. The molecule has 2 N–H and O–H groups in total. The quantitative estimate of drug-likeness (QED) is 0.521. The summed E-state index contributed by atoms with van der Waals surface area (Å²) >= 11 is 0. The first-order valence-electron chi connectivity index (χ1n) is 3.00. The fraction of sp³-hybridized carbons (Fsp3) is 0.429. The molecule has 0 fully saturated rings. The van der Waals surface area contributed by atoms with Gasteiger partial charge in [0.25, 0.3) is 0 Å². The minimum atomic E-state index is 0.0266. The minimum absolute atomic E-state index is 0.0266. The normalized spacial score (nSPS) is 19.9. The number of hydrogen-bond donors (Lipinski definition) is 2. The van der Waals surface area contributed by atoms with Gasteiger partial charge in [-0.15, -0.1) is 0 Å². The Morgan fingerprint density at radius 2 is 2.11 bits per heavy atom. The standard InChI is InChI=1S/C7H10O2/c1-5-3-2-4-6(8)7(5)9/h4,8-9H,2-3H2,1H3. The summed E-state index contributed by atoms with van der Waals surface area (Å²) < 4.78 is 0. The maximum Gasteiger partial charge on any atom is 0.155 e. The molecule has 0 aliphatic heterocycles. The van der Waals surface area contributed by atoms with Crippen LogP contribution in [0.1, 0.15) is 19.8 Å². The molecule has 0 aromatic carbocycles. The van der Waals surface area contributed by atoms with Gasteiger partial charge in [-0.25, -0.2) is 0 Å². The van der Waals surface area contributed by atoms with Gasteiger partial charge in [0.15, 0.2) is 11.5 Å².